The molecule has 25 heavy (non-hydrogen) atoms. The summed E-state index contributed by atoms with van der Waals surface area (Å²) in [6.07, 6.45) is 3.60. The van der Waals surface area contributed by atoms with Crippen molar-refractivity contribution in [2.24, 2.45) is 0 Å². The van der Waals surface area contributed by atoms with E-state index in [1.807, 2.05) is 17.0 Å². The van der Waals surface area contributed by atoms with Gasteiger partial charge in [-0.1, -0.05) is 23.2 Å². The van der Waals surface area contributed by atoms with Crippen LogP contribution in [0.15, 0.2) is 42.7 Å². The molecule has 0 atom stereocenters. The van der Waals surface area contributed by atoms with Gasteiger partial charge in [-0.25, -0.2) is 0 Å². The summed E-state index contributed by atoms with van der Waals surface area (Å²) >= 11 is 12.0. The summed E-state index contributed by atoms with van der Waals surface area (Å²) in [4.78, 5) is 20.5. The van der Waals surface area contributed by atoms with Crippen LogP contribution in [-0.2, 0) is 11.3 Å². The van der Waals surface area contributed by atoms with Gasteiger partial charge in [-0.3, -0.25) is 14.7 Å². The molecule has 1 saturated heterocycles. The first-order valence-corrected chi connectivity index (χ1v) is 8.84. The van der Waals surface area contributed by atoms with Crippen LogP contribution in [0.4, 0.5) is 0 Å². The van der Waals surface area contributed by atoms with Crippen LogP contribution in [0.1, 0.15) is 5.56 Å². The van der Waals surface area contributed by atoms with E-state index in [0.29, 0.717) is 28.9 Å². The minimum atomic E-state index is -0.0420. The molecule has 0 unspecified atom stereocenters. The van der Waals surface area contributed by atoms with E-state index >= 15 is 0 Å². The second kappa shape index (κ2) is 8.52. The van der Waals surface area contributed by atoms with Gasteiger partial charge >= 0.3 is 0 Å². The molecule has 5 nitrogen and oxygen atoms in total. The number of nitrogens with zero attached hydrogens (tertiary/aromatic N) is 3. The van der Waals surface area contributed by atoms with Crippen molar-refractivity contribution in [1.29, 1.82) is 0 Å². The summed E-state index contributed by atoms with van der Waals surface area (Å²) in [6.45, 7) is 3.90. The highest BCUT2D eigenvalue weighted by Gasteiger charge is 2.21. The molecule has 1 fully saturated rings. The van der Waals surface area contributed by atoms with E-state index < -0.39 is 0 Å². The van der Waals surface area contributed by atoms with Crippen molar-refractivity contribution in [2.75, 3.05) is 32.8 Å². The average Bonchev–Trinajstić information content (AvgIpc) is 2.64. The number of aromatic nitrogens is 1. The molecule has 0 bridgehead atoms. The third-order valence-electron chi connectivity index (χ3n) is 4.12. The van der Waals surface area contributed by atoms with Gasteiger partial charge < -0.3 is 9.64 Å². The Labute approximate surface area is 157 Å². The van der Waals surface area contributed by atoms with Crippen molar-refractivity contribution in [3.05, 3.63) is 58.3 Å². The number of piperazine rings is 1. The molecule has 1 aromatic heterocycles. The zero-order chi connectivity index (χ0) is 17.6. The fraction of sp³-hybridized carbons (Fsp3) is 0.333. The molecule has 7 heteroatoms. The number of benzene rings is 1. The SMILES string of the molecule is O=C(COc1cc(Cl)ccc1Cl)N1CCN(Cc2ccncc2)CC1. The minimum Gasteiger partial charge on any atom is -0.482 e. The van der Waals surface area contributed by atoms with Crippen molar-refractivity contribution in [2.45, 2.75) is 6.54 Å². The fourth-order valence-corrected chi connectivity index (χ4v) is 3.05. The third-order valence-corrected chi connectivity index (χ3v) is 4.67. The highest BCUT2D eigenvalue weighted by Crippen LogP contribution is 2.27. The summed E-state index contributed by atoms with van der Waals surface area (Å²) in [5.41, 5.74) is 1.23. The number of pyridine rings is 1. The van der Waals surface area contributed by atoms with Crippen LogP contribution in [0.2, 0.25) is 10.0 Å². The Balaban J connectivity index is 1.46. The average molecular weight is 380 g/mol. The molecule has 2 aromatic rings. The molecule has 2 heterocycles. The molecule has 0 spiro atoms. The van der Waals surface area contributed by atoms with Gasteiger partial charge in [-0.2, -0.15) is 0 Å². The van der Waals surface area contributed by atoms with Gasteiger partial charge in [0.25, 0.3) is 5.91 Å². The van der Waals surface area contributed by atoms with Gasteiger partial charge in [0.05, 0.1) is 5.02 Å². The van der Waals surface area contributed by atoms with Crippen molar-refractivity contribution >= 4 is 29.1 Å². The Morgan fingerprint density at radius 1 is 1.08 bits per heavy atom. The van der Waals surface area contributed by atoms with E-state index in [0.717, 1.165) is 19.6 Å². The van der Waals surface area contributed by atoms with Gasteiger partial charge in [0, 0.05) is 56.2 Å². The number of halogens is 2. The summed E-state index contributed by atoms with van der Waals surface area (Å²) in [5.74, 6) is 0.387. The number of hydrogen-bond donors (Lipinski definition) is 0. The maximum Gasteiger partial charge on any atom is 0.260 e. The lowest BCUT2D eigenvalue weighted by atomic mass is 10.2. The van der Waals surface area contributed by atoms with Crippen LogP contribution in [0.3, 0.4) is 0 Å². The highest BCUT2D eigenvalue weighted by atomic mass is 35.5. The van der Waals surface area contributed by atoms with E-state index in [4.69, 9.17) is 27.9 Å². The minimum absolute atomic E-state index is 0.0373. The topological polar surface area (TPSA) is 45.7 Å². The van der Waals surface area contributed by atoms with Gasteiger partial charge in [0.15, 0.2) is 6.61 Å². The Kier molecular flexibility index (Phi) is 6.13. The molecule has 0 radical (unpaired) electrons. The number of rotatable bonds is 5. The van der Waals surface area contributed by atoms with Crippen molar-refractivity contribution < 1.29 is 9.53 Å². The van der Waals surface area contributed by atoms with Crippen LogP contribution >= 0.6 is 23.2 Å². The van der Waals surface area contributed by atoms with Crippen LogP contribution in [0.5, 0.6) is 5.75 Å². The Hall–Kier alpha value is -1.82. The Bertz CT molecular complexity index is 720. The molecular formula is C18H19Cl2N3O2. The summed E-state index contributed by atoms with van der Waals surface area (Å²) < 4.78 is 5.53. The second-order valence-electron chi connectivity index (χ2n) is 5.88. The predicted molar refractivity (Wildman–Crippen MR) is 98.1 cm³/mol. The summed E-state index contributed by atoms with van der Waals surface area (Å²) in [7, 11) is 0. The number of carbonyl (C=O) groups is 1. The Morgan fingerprint density at radius 3 is 2.52 bits per heavy atom. The van der Waals surface area contributed by atoms with Gasteiger partial charge in [0.1, 0.15) is 5.75 Å². The van der Waals surface area contributed by atoms with E-state index in [1.54, 1.807) is 30.6 Å². The molecule has 0 N–H and O–H groups in total. The molecule has 3 rings (SSSR count). The maximum absolute atomic E-state index is 12.3. The van der Waals surface area contributed by atoms with Gasteiger partial charge in [-0.15, -0.1) is 0 Å². The predicted octanol–water partition coefficient (Wildman–Crippen LogP) is 3.11. The second-order valence-corrected chi connectivity index (χ2v) is 6.72. The van der Waals surface area contributed by atoms with Crippen LogP contribution in [-0.4, -0.2) is 53.5 Å². The van der Waals surface area contributed by atoms with Gasteiger partial charge in [-0.05, 0) is 29.8 Å². The number of ether oxygens (including phenoxy) is 1. The van der Waals surface area contributed by atoms with Crippen LogP contribution in [0.25, 0.3) is 0 Å². The normalized spacial score (nSPS) is 15.2. The molecule has 1 aliphatic rings. The molecule has 1 amide bonds. The number of amides is 1. The zero-order valence-electron chi connectivity index (χ0n) is 13.7. The van der Waals surface area contributed by atoms with E-state index in [9.17, 15) is 4.79 Å². The Morgan fingerprint density at radius 2 is 1.80 bits per heavy atom. The monoisotopic (exact) mass is 379 g/mol. The standard InChI is InChI=1S/C18H19Cl2N3O2/c19-15-1-2-16(20)17(11-15)25-13-18(24)23-9-7-22(8-10-23)12-14-3-5-21-6-4-14/h1-6,11H,7-10,12-13H2. The summed E-state index contributed by atoms with van der Waals surface area (Å²) in [5, 5.41) is 0.968. The summed E-state index contributed by atoms with van der Waals surface area (Å²) in [6, 6.07) is 8.98. The molecule has 0 saturated carbocycles. The largest absolute Gasteiger partial charge is 0.482 e. The van der Waals surface area contributed by atoms with E-state index in [-0.39, 0.29) is 12.5 Å². The zero-order valence-corrected chi connectivity index (χ0v) is 15.2. The van der Waals surface area contributed by atoms with Crippen LogP contribution in [0, 0.1) is 0 Å². The highest BCUT2D eigenvalue weighted by molar-refractivity contribution is 6.34. The van der Waals surface area contributed by atoms with Crippen molar-refractivity contribution in [3.8, 4) is 5.75 Å². The van der Waals surface area contributed by atoms with Crippen LogP contribution < -0.4 is 4.74 Å². The number of hydrogen-bond acceptors (Lipinski definition) is 4. The lowest BCUT2D eigenvalue weighted by Gasteiger charge is -2.34. The van der Waals surface area contributed by atoms with E-state index in [1.165, 1.54) is 5.56 Å². The molecule has 0 aliphatic carbocycles. The number of carbonyl (C=O) groups excluding carboxylic acids is 1. The third kappa shape index (κ3) is 5.08. The first-order chi connectivity index (χ1) is 12.1. The quantitative estimate of drug-likeness (QED) is 0.800. The van der Waals surface area contributed by atoms with E-state index in [2.05, 4.69) is 9.88 Å². The van der Waals surface area contributed by atoms with Crippen molar-refractivity contribution in [3.63, 3.8) is 0 Å². The first kappa shape index (κ1) is 18.0. The maximum atomic E-state index is 12.3. The molecule has 1 aromatic carbocycles. The first-order valence-electron chi connectivity index (χ1n) is 8.09. The molecular weight excluding hydrogens is 361 g/mol. The lowest BCUT2D eigenvalue weighted by molar-refractivity contribution is -0.135. The lowest BCUT2D eigenvalue weighted by Crippen LogP contribution is -2.49. The van der Waals surface area contributed by atoms with Gasteiger partial charge in [0.2, 0.25) is 0 Å². The molecule has 132 valence electrons. The molecule has 1 aliphatic heterocycles. The smallest absolute Gasteiger partial charge is 0.260 e. The fourth-order valence-electron chi connectivity index (χ4n) is 2.72. The van der Waals surface area contributed by atoms with Crippen molar-refractivity contribution in [1.82, 2.24) is 14.8 Å².